The summed E-state index contributed by atoms with van der Waals surface area (Å²) in [6.07, 6.45) is 1.59. The lowest BCUT2D eigenvalue weighted by Crippen LogP contribution is -2.13. The monoisotopic (exact) mass is 452 g/mol. The van der Waals surface area contributed by atoms with Crippen LogP contribution in [0.1, 0.15) is 15.9 Å². The zero-order valence-electron chi connectivity index (χ0n) is 13.5. The van der Waals surface area contributed by atoms with Gasteiger partial charge in [0.2, 0.25) is 0 Å². The highest BCUT2D eigenvalue weighted by atomic mass is 79.9. The van der Waals surface area contributed by atoms with Crippen LogP contribution in [0.2, 0.25) is 5.02 Å². The van der Waals surface area contributed by atoms with Crippen molar-refractivity contribution in [2.24, 2.45) is 0 Å². The number of carbonyl (C=O) groups is 1. The molecule has 1 N–H and O–H groups in total. The van der Waals surface area contributed by atoms with Crippen molar-refractivity contribution in [3.63, 3.8) is 0 Å². The molecular weight excluding hydrogens is 443 g/mol. The molecule has 0 unspecified atom stereocenters. The summed E-state index contributed by atoms with van der Waals surface area (Å²) in [4.78, 5) is 22.6. The van der Waals surface area contributed by atoms with Crippen molar-refractivity contribution in [2.45, 2.75) is 6.54 Å². The molecule has 1 heterocycles. The molecule has 0 atom stereocenters. The summed E-state index contributed by atoms with van der Waals surface area (Å²) in [7, 11) is 0. The van der Waals surface area contributed by atoms with E-state index < -0.39 is 10.8 Å². The van der Waals surface area contributed by atoms with E-state index in [0.29, 0.717) is 10.0 Å². The van der Waals surface area contributed by atoms with Crippen LogP contribution in [0.15, 0.2) is 53.1 Å². The molecule has 1 aromatic heterocycles. The Morgan fingerprint density at radius 1 is 1.33 bits per heavy atom. The average molecular weight is 454 g/mol. The normalized spacial score (nSPS) is 10.6. The number of hydrogen-bond acceptors (Lipinski definition) is 4. The summed E-state index contributed by atoms with van der Waals surface area (Å²) in [5.41, 5.74) is 0.133. The molecule has 1 amide bonds. The zero-order chi connectivity index (χ0) is 19.6. The number of amides is 1. The largest absolute Gasteiger partial charge is 0.304 e. The number of nitrogens with one attached hydrogen (secondary N) is 1. The number of anilines is 1. The van der Waals surface area contributed by atoms with Crippen LogP contribution >= 0.6 is 27.5 Å². The molecule has 0 saturated heterocycles. The predicted molar refractivity (Wildman–Crippen MR) is 101 cm³/mol. The average Bonchev–Trinajstić information content (AvgIpc) is 2.96. The van der Waals surface area contributed by atoms with E-state index in [4.69, 9.17) is 11.6 Å². The van der Waals surface area contributed by atoms with E-state index in [-0.39, 0.29) is 34.5 Å². The molecule has 7 nitrogen and oxygen atoms in total. The van der Waals surface area contributed by atoms with Crippen LogP contribution in [0, 0.1) is 15.9 Å². The summed E-state index contributed by atoms with van der Waals surface area (Å²) in [6, 6.07) is 10.0. The summed E-state index contributed by atoms with van der Waals surface area (Å²) in [6.45, 7) is 0.174. The number of nitro benzene ring substituents is 1. The molecule has 2 aromatic carbocycles. The first-order chi connectivity index (χ1) is 12.8. The van der Waals surface area contributed by atoms with Gasteiger partial charge >= 0.3 is 0 Å². The SMILES string of the molecule is O=C(Nc1nn(Cc2ccccc2F)cc1Br)c1ccc(Cl)c([N+](=O)[O-])c1. The van der Waals surface area contributed by atoms with Gasteiger partial charge in [-0.3, -0.25) is 19.6 Å². The molecule has 27 heavy (non-hydrogen) atoms. The highest BCUT2D eigenvalue weighted by Crippen LogP contribution is 2.26. The second-order valence-corrected chi connectivity index (χ2v) is 6.75. The molecule has 0 spiro atoms. The van der Waals surface area contributed by atoms with Crippen molar-refractivity contribution in [1.29, 1.82) is 0 Å². The van der Waals surface area contributed by atoms with E-state index in [1.165, 1.54) is 22.9 Å². The third kappa shape index (κ3) is 4.32. The molecule has 10 heteroatoms. The van der Waals surface area contributed by atoms with Gasteiger partial charge in [-0.15, -0.1) is 0 Å². The maximum atomic E-state index is 13.8. The van der Waals surface area contributed by atoms with Gasteiger partial charge in [0.25, 0.3) is 11.6 Å². The quantitative estimate of drug-likeness (QED) is 0.450. The van der Waals surface area contributed by atoms with Gasteiger partial charge in [0.15, 0.2) is 5.82 Å². The highest BCUT2D eigenvalue weighted by Gasteiger charge is 2.18. The fourth-order valence-electron chi connectivity index (χ4n) is 2.34. The number of halogens is 3. The Labute approximate surface area is 166 Å². The van der Waals surface area contributed by atoms with E-state index in [2.05, 4.69) is 26.3 Å². The molecular formula is C17H11BrClFN4O3. The maximum Gasteiger partial charge on any atom is 0.288 e. The number of aromatic nitrogens is 2. The molecule has 0 fully saturated rings. The maximum absolute atomic E-state index is 13.8. The number of hydrogen-bond donors (Lipinski definition) is 1. The van der Waals surface area contributed by atoms with Crippen LogP contribution < -0.4 is 5.32 Å². The van der Waals surface area contributed by atoms with Crippen LogP contribution in [-0.2, 0) is 6.54 Å². The first-order valence-corrected chi connectivity index (χ1v) is 8.74. The first kappa shape index (κ1) is 19.0. The van der Waals surface area contributed by atoms with Gasteiger partial charge in [-0.2, -0.15) is 5.10 Å². The fourth-order valence-corrected chi connectivity index (χ4v) is 2.94. The Bertz CT molecular complexity index is 1040. The molecule has 3 rings (SSSR count). The summed E-state index contributed by atoms with van der Waals surface area (Å²) in [5.74, 6) is -0.747. The van der Waals surface area contributed by atoms with E-state index >= 15 is 0 Å². The first-order valence-electron chi connectivity index (χ1n) is 7.57. The van der Waals surface area contributed by atoms with E-state index in [0.717, 1.165) is 6.07 Å². The van der Waals surface area contributed by atoms with Crippen LogP contribution in [-0.4, -0.2) is 20.6 Å². The van der Waals surface area contributed by atoms with Gasteiger partial charge in [-0.25, -0.2) is 4.39 Å². The van der Waals surface area contributed by atoms with Crippen molar-refractivity contribution in [3.05, 3.63) is 85.2 Å². The van der Waals surface area contributed by atoms with Crippen molar-refractivity contribution in [3.8, 4) is 0 Å². The summed E-state index contributed by atoms with van der Waals surface area (Å²) < 4.78 is 15.7. The molecule has 0 bridgehead atoms. The van der Waals surface area contributed by atoms with Gasteiger partial charge in [0, 0.05) is 23.4 Å². The second kappa shape index (κ2) is 7.85. The fraction of sp³-hybridized carbons (Fsp3) is 0.0588. The van der Waals surface area contributed by atoms with Gasteiger partial charge in [0.05, 0.1) is 15.9 Å². The van der Waals surface area contributed by atoms with Crippen LogP contribution in [0.4, 0.5) is 15.9 Å². The van der Waals surface area contributed by atoms with Gasteiger partial charge in [-0.1, -0.05) is 29.8 Å². The molecule has 138 valence electrons. The lowest BCUT2D eigenvalue weighted by Gasteiger charge is -2.04. The molecule has 3 aromatic rings. The van der Waals surface area contributed by atoms with Crippen molar-refractivity contribution < 1.29 is 14.1 Å². The van der Waals surface area contributed by atoms with Gasteiger partial charge < -0.3 is 5.32 Å². The molecule has 0 aliphatic rings. The van der Waals surface area contributed by atoms with Gasteiger partial charge in [-0.05, 0) is 34.1 Å². The van der Waals surface area contributed by atoms with E-state index in [9.17, 15) is 19.3 Å². The van der Waals surface area contributed by atoms with Gasteiger partial charge in [0.1, 0.15) is 10.8 Å². The minimum atomic E-state index is -0.668. The standard InChI is InChI=1S/C17H11BrClFN4O3/c18-12-9-23(8-11-3-1-2-4-14(11)20)22-16(12)21-17(25)10-5-6-13(19)15(7-10)24(26)27/h1-7,9H,8H2,(H,21,22,25). The summed E-state index contributed by atoms with van der Waals surface area (Å²) in [5, 5.41) is 17.6. The third-order valence-electron chi connectivity index (χ3n) is 3.64. The number of carbonyl (C=O) groups excluding carboxylic acids is 1. The van der Waals surface area contributed by atoms with Crippen molar-refractivity contribution in [1.82, 2.24) is 9.78 Å². The predicted octanol–water partition coefficient (Wildman–Crippen LogP) is 4.65. The highest BCUT2D eigenvalue weighted by molar-refractivity contribution is 9.10. The Morgan fingerprint density at radius 2 is 2.07 bits per heavy atom. The number of nitro groups is 1. The van der Waals surface area contributed by atoms with Crippen molar-refractivity contribution in [2.75, 3.05) is 5.32 Å². The molecule has 0 saturated carbocycles. The zero-order valence-corrected chi connectivity index (χ0v) is 15.9. The third-order valence-corrected chi connectivity index (χ3v) is 4.54. The minimum absolute atomic E-state index is 0.0571. The lowest BCUT2D eigenvalue weighted by molar-refractivity contribution is -0.384. The molecule has 0 aliphatic heterocycles. The Morgan fingerprint density at radius 3 is 2.78 bits per heavy atom. The number of rotatable bonds is 5. The van der Waals surface area contributed by atoms with Crippen LogP contribution in [0.25, 0.3) is 0 Å². The smallest absolute Gasteiger partial charge is 0.288 e. The lowest BCUT2D eigenvalue weighted by atomic mass is 10.2. The van der Waals surface area contributed by atoms with E-state index in [1.54, 1.807) is 24.4 Å². The Hall–Kier alpha value is -2.78. The topological polar surface area (TPSA) is 90.1 Å². The van der Waals surface area contributed by atoms with Crippen LogP contribution in [0.5, 0.6) is 0 Å². The second-order valence-electron chi connectivity index (χ2n) is 5.49. The summed E-state index contributed by atoms with van der Waals surface area (Å²) >= 11 is 9.03. The number of nitrogens with zero attached hydrogens (tertiary/aromatic N) is 3. The van der Waals surface area contributed by atoms with Crippen LogP contribution in [0.3, 0.4) is 0 Å². The van der Waals surface area contributed by atoms with E-state index in [1.807, 2.05) is 0 Å². The van der Waals surface area contributed by atoms with Crippen molar-refractivity contribution >= 4 is 44.9 Å². The molecule has 0 aliphatic carbocycles. The minimum Gasteiger partial charge on any atom is -0.304 e. The Balaban J connectivity index is 1.79. The Kier molecular flexibility index (Phi) is 5.52. The molecule has 0 radical (unpaired) electrons. The number of benzene rings is 2.